The first-order valence-electron chi connectivity index (χ1n) is 5.96. The molecule has 0 bridgehead atoms. The molecule has 2 aliphatic heterocycles. The summed E-state index contributed by atoms with van der Waals surface area (Å²) in [5, 5.41) is 0. The van der Waals surface area contributed by atoms with E-state index in [4.69, 9.17) is 0 Å². The van der Waals surface area contributed by atoms with Gasteiger partial charge in [0.2, 0.25) is 0 Å². The molecule has 0 spiro atoms. The van der Waals surface area contributed by atoms with Crippen LogP contribution >= 0.6 is 0 Å². The predicted octanol–water partition coefficient (Wildman–Crippen LogP) is 1.77. The van der Waals surface area contributed by atoms with Gasteiger partial charge in [-0.2, -0.15) is 6.92 Å². The van der Waals surface area contributed by atoms with E-state index in [2.05, 4.69) is 30.6 Å². The second-order valence-electron chi connectivity index (χ2n) is 5.25. The van der Waals surface area contributed by atoms with Crippen LogP contribution in [0.2, 0.25) is 0 Å². The molecular formula is C12H23CrN2-. The molecule has 0 aliphatic carbocycles. The van der Waals surface area contributed by atoms with Crippen molar-refractivity contribution in [3.63, 3.8) is 0 Å². The molecule has 2 heterocycles. The van der Waals surface area contributed by atoms with Crippen molar-refractivity contribution >= 4 is 0 Å². The van der Waals surface area contributed by atoms with Crippen LogP contribution in [0.25, 0.3) is 0 Å². The molecule has 0 aromatic rings. The van der Waals surface area contributed by atoms with Gasteiger partial charge in [0.05, 0.1) is 0 Å². The zero-order chi connectivity index (χ0) is 10.1. The quantitative estimate of drug-likeness (QED) is 0.652. The fraction of sp³-hybridized carbons (Fsp3) is 0.917. The number of hydrogen-bond acceptors (Lipinski definition) is 2. The van der Waals surface area contributed by atoms with E-state index < -0.39 is 0 Å². The van der Waals surface area contributed by atoms with Crippen LogP contribution in [0.5, 0.6) is 0 Å². The zero-order valence-electron chi connectivity index (χ0n) is 10.2. The summed E-state index contributed by atoms with van der Waals surface area (Å²) in [5.74, 6) is 1.64. The fourth-order valence-corrected chi connectivity index (χ4v) is 2.78. The summed E-state index contributed by atoms with van der Waals surface area (Å²) >= 11 is 0. The largest absolute Gasteiger partial charge is 0.328 e. The van der Waals surface area contributed by atoms with Gasteiger partial charge in [-0.3, -0.25) is 5.92 Å². The first-order valence-corrected chi connectivity index (χ1v) is 5.96. The molecule has 2 saturated heterocycles. The van der Waals surface area contributed by atoms with E-state index in [1.807, 2.05) is 0 Å². The normalized spacial score (nSPS) is 30.0. The van der Waals surface area contributed by atoms with E-state index in [0.29, 0.717) is 6.04 Å². The van der Waals surface area contributed by atoms with Gasteiger partial charge in [0, 0.05) is 36.0 Å². The van der Waals surface area contributed by atoms with Crippen molar-refractivity contribution in [1.29, 1.82) is 0 Å². The van der Waals surface area contributed by atoms with Gasteiger partial charge >= 0.3 is 0 Å². The van der Waals surface area contributed by atoms with Crippen LogP contribution in [0.4, 0.5) is 0 Å². The number of hydrogen-bond donors (Lipinski definition) is 0. The molecule has 15 heavy (non-hydrogen) atoms. The molecule has 0 radical (unpaired) electrons. The molecule has 0 unspecified atom stereocenters. The molecule has 2 fully saturated rings. The minimum atomic E-state index is 0. The van der Waals surface area contributed by atoms with Gasteiger partial charge in [-0.25, -0.2) is 0 Å². The minimum absolute atomic E-state index is 0. The maximum atomic E-state index is 2.68. The SMILES string of the molecule is C[C-]1CN(C(C)C)C[C@@H]2CCCN2C1.[Cr]. The van der Waals surface area contributed by atoms with Crippen LogP contribution in [-0.4, -0.2) is 48.1 Å². The summed E-state index contributed by atoms with van der Waals surface area (Å²) in [6, 6.07) is 1.54. The Bertz CT molecular complexity index is 196. The third-order valence-electron chi connectivity index (χ3n) is 3.62. The topological polar surface area (TPSA) is 6.48 Å². The molecule has 0 N–H and O–H groups in total. The Morgan fingerprint density at radius 3 is 2.67 bits per heavy atom. The van der Waals surface area contributed by atoms with Crippen molar-refractivity contribution in [2.45, 2.75) is 45.7 Å². The summed E-state index contributed by atoms with van der Waals surface area (Å²) in [4.78, 5) is 5.31. The van der Waals surface area contributed by atoms with Crippen LogP contribution in [0.1, 0.15) is 33.6 Å². The molecule has 0 saturated carbocycles. The van der Waals surface area contributed by atoms with Gasteiger partial charge < -0.3 is 9.80 Å². The van der Waals surface area contributed by atoms with Crippen molar-refractivity contribution in [3.05, 3.63) is 5.92 Å². The fourth-order valence-electron chi connectivity index (χ4n) is 2.78. The van der Waals surface area contributed by atoms with Crippen molar-refractivity contribution in [1.82, 2.24) is 9.80 Å². The summed E-state index contributed by atoms with van der Waals surface area (Å²) in [7, 11) is 0. The molecule has 2 aliphatic rings. The zero-order valence-corrected chi connectivity index (χ0v) is 11.5. The molecular weight excluding hydrogens is 224 g/mol. The van der Waals surface area contributed by atoms with Gasteiger partial charge in [0.1, 0.15) is 0 Å². The average molecular weight is 247 g/mol. The number of fused-ring (bicyclic) bond motifs is 1. The molecule has 3 heteroatoms. The second-order valence-corrected chi connectivity index (χ2v) is 5.25. The van der Waals surface area contributed by atoms with Crippen LogP contribution in [0, 0.1) is 5.92 Å². The maximum absolute atomic E-state index is 2.68. The van der Waals surface area contributed by atoms with Gasteiger partial charge in [0.15, 0.2) is 0 Å². The average Bonchev–Trinajstić information content (AvgIpc) is 2.45. The Kier molecular flexibility index (Phi) is 5.12. The molecule has 0 aromatic carbocycles. The van der Waals surface area contributed by atoms with Gasteiger partial charge in [-0.15, -0.1) is 13.1 Å². The van der Waals surface area contributed by atoms with Crippen molar-refractivity contribution in [2.24, 2.45) is 0 Å². The third-order valence-corrected chi connectivity index (χ3v) is 3.62. The summed E-state index contributed by atoms with van der Waals surface area (Å²) in [6.07, 6.45) is 2.82. The third kappa shape index (κ3) is 3.20. The van der Waals surface area contributed by atoms with Gasteiger partial charge in [-0.05, 0) is 33.2 Å². The van der Waals surface area contributed by atoms with E-state index in [0.717, 1.165) is 6.04 Å². The molecule has 2 rings (SSSR count). The minimum Gasteiger partial charge on any atom is -0.328 e. The monoisotopic (exact) mass is 247 g/mol. The van der Waals surface area contributed by atoms with Crippen LogP contribution < -0.4 is 0 Å². The number of nitrogens with zero attached hydrogens (tertiary/aromatic N) is 2. The predicted molar refractivity (Wildman–Crippen MR) is 60.2 cm³/mol. The molecule has 0 amide bonds. The first kappa shape index (κ1) is 13.5. The van der Waals surface area contributed by atoms with Crippen LogP contribution in [-0.2, 0) is 17.4 Å². The van der Waals surface area contributed by atoms with Gasteiger partial charge in [0.25, 0.3) is 0 Å². The molecule has 2 nitrogen and oxygen atoms in total. The standard InChI is InChI=1S/C12H23N2.Cr/c1-10(2)14-8-11(3)7-13-6-4-5-12(13)9-14;/h10,12H,4-9H2,1-3H3;/q-1;/t12-;/m0./s1. The smallest absolute Gasteiger partial charge is 0.0194 e. The van der Waals surface area contributed by atoms with Crippen molar-refractivity contribution in [2.75, 3.05) is 26.2 Å². The van der Waals surface area contributed by atoms with E-state index in [9.17, 15) is 0 Å². The van der Waals surface area contributed by atoms with E-state index >= 15 is 0 Å². The molecule has 88 valence electrons. The van der Waals surface area contributed by atoms with Crippen LogP contribution in [0.15, 0.2) is 0 Å². The Morgan fingerprint density at radius 1 is 1.27 bits per heavy atom. The molecule has 1 atom stereocenters. The van der Waals surface area contributed by atoms with E-state index in [1.54, 1.807) is 5.92 Å². The Balaban J connectivity index is 0.00000112. The van der Waals surface area contributed by atoms with Crippen LogP contribution in [0.3, 0.4) is 0 Å². The summed E-state index contributed by atoms with van der Waals surface area (Å²) in [6.45, 7) is 12.0. The summed E-state index contributed by atoms with van der Waals surface area (Å²) in [5.41, 5.74) is 0. The Morgan fingerprint density at radius 2 is 2.00 bits per heavy atom. The van der Waals surface area contributed by atoms with E-state index in [-0.39, 0.29) is 17.4 Å². The van der Waals surface area contributed by atoms with Crippen molar-refractivity contribution < 1.29 is 17.4 Å². The van der Waals surface area contributed by atoms with E-state index in [1.165, 1.54) is 39.0 Å². The Labute approximate surface area is 105 Å². The first-order chi connectivity index (χ1) is 6.66. The Hall–Kier alpha value is 0.452. The maximum Gasteiger partial charge on any atom is 0.0194 e. The van der Waals surface area contributed by atoms with Gasteiger partial charge in [-0.1, -0.05) is 0 Å². The molecule has 0 aromatic heterocycles. The van der Waals surface area contributed by atoms with Crippen molar-refractivity contribution in [3.8, 4) is 0 Å². The summed E-state index contributed by atoms with van der Waals surface area (Å²) < 4.78 is 0. The number of rotatable bonds is 1. The second kappa shape index (κ2) is 5.68.